The van der Waals surface area contributed by atoms with Gasteiger partial charge in [0.05, 0.1) is 17.4 Å². The molecule has 0 saturated carbocycles. The molecular formula is C22H21N3O3. The molecular weight excluding hydrogens is 354 g/mol. The molecule has 0 spiro atoms. The topological polar surface area (TPSA) is 72.5 Å². The Balaban J connectivity index is 1.53. The van der Waals surface area contributed by atoms with Crippen LogP contribution in [0.5, 0.6) is 11.5 Å². The predicted octanol–water partition coefficient (Wildman–Crippen LogP) is 4.73. The number of aromatic nitrogens is 1. The van der Waals surface area contributed by atoms with Crippen LogP contribution in [0.25, 0.3) is 0 Å². The monoisotopic (exact) mass is 375 g/mol. The zero-order chi connectivity index (χ0) is 19.7. The lowest BCUT2D eigenvalue weighted by molar-refractivity contribution is 0.102. The minimum Gasteiger partial charge on any atom is -0.454 e. The largest absolute Gasteiger partial charge is 0.454 e. The van der Waals surface area contributed by atoms with Gasteiger partial charge >= 0.3 is 0 Å². The number of rotatable bonds is 4. The Morgan fingerprint density at radius 3 is 2.46 bits per heavy atom. The van der Waals surface area contributed by atoms with Crippen molar-refractivity contribution in [2.45, 2.75) is 20.8 Å². The first-order valence-electron chi connectivity index (χ1n) is 9.00. The minimum atomic E-state index is -0.243. The lowest BCUT2D eigenvalue weighted by Gasteiger charge is -2.14. The van der Waals surface area contributed by atoms with E-state index in [1.54, 1.807) is 36.7 Å². The van der Waals surface area contributed by atoms with Crippen molar-refractivity contribution in [3.8, 4) is 11.5 Å². The van der Waals surface area contributed by atoms with Crippen LogP contribution in [0.4, 0.5) is 17.1 Å². The van der Waals surface area contributed by atoms with Gasteiger partial charge in [-0.2, -0.15) is 0 Å². The summed E-state index contributed by atoms with van der Waals surface area (Å²) < 4.78 is 10.6. The van der Waals surface area contributed by atoms with Gasteiger partial charge in [0.2, 0.25) is 6.79 Å². The first kappa shape index (κ1) is 17.9. The highest BCUT2D eigenvalue weighted by molar-refractivity contribution is 6.04. The van der Waals surface area contributed by atoms with Gasteiger partial charge < -0.3 is 20.1 Å². The van der Waals surface area contributed by atoms with E-state index in [1.807, 2.05) is 0 Å². The van der Waals surface area contributed by atoms with E-state index in [4.69, 9.17) is 9.47 Å². The lowest BCUT2D eigenvalue weighted by Crippen LogP contribution is -2.12. The van der Waals surface area contributed by atoms with Crippen LogP contribution in [0.15, 0.2) is 48.8 Å². The third kappa shape index (κ3) is 3.62. The fraction of sp³-hybridized carbons (Fsp3) is 0.182. The number of hydrogen-bond acceptors (Lipinski definition) is 5. The van der Waals surface area contributed by atoms with E-state index < -0.39 is 0 Å². The van der Waals surface area contributed by atoms with Crippen LogP contribution in [0, 0.1) is 20.8 Å². The number of nitrogens with zero attached hydrogens (tertiary/aromatic N) is 1. The Bertz CT molecular complexity index is 1040. The summed E-state index contributed by atoms with van der Waals surface area (Å²) in [6, 6.07) is 11.3. The number of anilines is 3. The van der Waals surface area contributed by atoms with Crippen LogP contribution in [0.1, 0.15) is 27.0 Å². The van der Waals surface area contributed by atoms with Crippen molar-refractivity contribution in [3.05, 3.63) is 71.0 Å². The standard InChI is InChI=1S/C22H21N3O3/c1-13-6-14(2)21(15(3)7-13)24-18-8-16(10-23-11-18)22(26)25-17-4-5-19-20(9-17)28-12-27-19/h4-11,24H,12H2,1-3H3,(H,25,26). The molecule has 28 heavy (non-hydrogen) atoms. The number of nitrogens with one attached hydrogen (secondary N) is 2. The quantitative estimate of drug-likeness (QED) is 0.690. The molecule has 0 fully saturated rings. The summed E-state index contributed by atoms with van der Waals surface area (Å²) in [5.74, 6) is 1.05. The van der Waals surface area contributed by atoms with Gasteiger partial charge in [-0.15, -0.1) is 0 Å². The minimum absolute atomic E-state index is 0.197. The summed E-state index contributed by atoms with van der Waals surface area (Å²) in [5.41, 5.74) is 6.40. The molecule has 0 bridgehead atoms. The van der Waals surface area contributed by atoms with Crippen LogP contribution in [-0.2, 0) is 0 Å². The van der Waals surface area contributed by atoms with Crippen LogP contribution < -0.4 is 20.1 Å². The molecule has 2 heterocycles. The summed E-state index contributed by atoms with van der Waals surface area (Å²) in [6.07, 6.45) is 3.25. The van der Waals surface area contributed by atoms with E-state index in [0.29, 0.717) is 22.7 Å². The molecule has 3 aromatic rings. The third-order valence-electron chi connectivity index (χ3n) is 4.58. The predicted molar refractivity (Wildman–Crippen MR) is 109 cm³/mol. The van der Waals surface area contributed by atoms with Gasteiger partial charge in [-0.05, 0) is 50.1 Å². The van der Waals surface area contributed by atoms with Gasteiger partial charge in [0.15, 0.2) is 11.5 Å². The van der Waals surface area contributed by atoms with E-state index in [-0.39, 0.29) is 12.7 Å². The Kier molecular flexibility index (Phi) is 4.61. The maximum Gasteiger partial charge on any atom is 0.257 e. The Morgan fingerprint density at radius 1 is 0.929 bits per heavy atom. The molecule has 0 radical (unpaired) electrons. The van der Waals surface area contributed by atoms with Crippen molar-refractivity contribution in [1.29, 1.82) is 0 Å². The molecule has 1 amide bonds. The molecule has 142 valence electrons. The number of carbonyl (C=O) groups excluding carboxylic acids is 1. The highest BCUT2D eigenvalue weighted by atomic mass is 16.7. The zero-order valence-corrected chi connectivity index (χ0v) is 16.0. The Labute approximate surface area is 163 Å². The van der Waals surface area contributed by atoms with E-state index in [9.17, 15) is 4.79 Å². The molecule has 1 aliphatic heterocycles. The highest BCUT2D eigenvalue weighted by Crippen LogP contribution is 2.34. The third-order valence-corrected chi connectivity index (χ3v) is 4.58. The molecule has 6 nitrogen and oxygen atoms in total. The summed E-state index contributed by atoms with van der Waals surface area (Å²) in [5, 5.41) is 6.25. The molecule has 0 saturated heterocycles. The number of carbonyl (C=O) groups is 1. The molecule has 4 rings (SSSR count). The number of amides is 1. The Morgan fingerprint density at radius 2 is 1.68 bits per heavy atom. The van der Waals surface area contributed by atoms with Crippen LogP contribution in [0.2, 0.25) is 0 Å². The van der Waals surface area contributed by atoms with E-state index in [0.717, 1.165) is 22.5 Å². The van der Waals surface area contributed by atoms with Crippen LogP contribution in [-0.4, -0.2) is 17.7 Å². The van der Waals surface area contributed by atoms with Crippen molar-refractivity contribution in [2.24, 2.45) is 0 Å². The summed E-state index contributed by atoms with van der Waals surface area (Å²) in [7, 11) is 0. The second-order valence-electron chi connectivity index (χ2n) is 6.88. The number of benzene rings is 2. The van der Waals surface area contributed by atoms with E-state index in [2.05, 4.69) is 48.5 Å². The van der Waals surface area contributed by atoms with Gasteiger partial charge in [0.1, 0.15) is 0 Å². The first-order valence-corrected chi connectivity index (χ1v) is 9.00. The molecule has 1 aliphatic rings. The van der Waals surface area contributed by atoms with Gasteiger partial charge in [-0.3, -0.25) is 9.78 Å². The first-order chi connectivity index (χ1) is 13.5. The molecule has 1 aromatic heterocycles. The van der Waals surface area contributed by atoms with Crippen molar-refractivity contribution >= 4 is 23.0 Å². The second-order valence-corrected chi connectivity index (χ2v) is 6.88. The smallest absolute Gasteiger partial charge is 0.257 e. The number of aryl methyl sites for hydroxylation is 3. The van der Waals surface area contributed by atoms with E-state index >= 15 is 0 Å². The summed E-state index contributed by atoms with van der Waals surface area (Å²) in [4.78, 5) is 16.9. The summed E-state index contributed by atoms with van der Waals surface area (Å²) in [6.45, 7) is 6.40. The maximum absolute atomic E-state index is 12.6. The average Bonchev–Trinajstić information content (AvgIpc) is 3.12. The second kappa shape index (κ2) is 7.23. The molecule has 6 heteroatoms. The number of hydrogen-bond donors (Lipinski definition) is 2. The average molecular weight is 375 g/mol. The fourth-order valence-electron chi connectivity index (χ4n) is 3.33. The number of ether oxygens (including phenoxy) is 2. The van der Waals surface area contributed by atoms with Crippen molar-refractivity contribution in [2.75, 3.05) is 17.4 Å². The van der Waals surface area contributed by atoms with Crippen molar-refractivity contribution in [1.82, 2.24) is 4.98 Å². The maximum atomic E-state index is 12.6. The van der Waals surface area contributed by atoms with Gasteiger partial charge in [-0.25, -0.2) is 0 Å². The van der Waals surface area contributed by atoms with Gasteiger partial charge in [0, 0.05) is 23.6 Å². The highest BCUT2D eigenvalue weighted by Gasteiger charge is 2.15. The van der Waals surface area contributed by atoms with Crippen molar-refractivity contribution < 1.29 is 14.3 Å². The fourth-order valence-corrected chi connectivity index (χ4v) is 3.33. The molecule has 2 aromatic carbocycles. The Hall–Kier alpha value is -3.54. The zero-order valence-electron chi connectivity index (χ0n) is 16.0. The number of fused-ring (bicyclic) bond motifs is 1. The van der Waals surface area contributed by atoms with Crippen molar-refractivity contribution in [3.63, 3.8) is 0 Å². The van der Waals surface area contributed by atoms with Crippen LogP contribution in [0.3, 0.4) is 0 Å². The molecule has 0 aliphatic carbocycles. The molecule has 0 unspecified atom stereocenters. The normalized spacial score (nSPS) is 12.0. The van der Waals surface area contributed by atoms with E-state index in [1.165, 1.54) is 5.56 Å². The number of pyridine rings is 1. The van der Waals surface area contributed by atoms with Gasteiger partial charge in [0.25, 0.3) is 5.91 Å². The molecule has 2 N–H and O–H groups in total. The summed E-state index contributed by atoms with van der Waals surface area (Å²) >= 11 is 0. The SMILES string of the molecule is Cc1cc(C)c(Nc2cncc(C(=O)Nc3ccc4c(c3)OCO4)c2)c(C)c1. The van der Waals surface area contributed by atoms with Gasteiger partial charge in [-0.1, -0.05) is 17.7 Å². The molecule has 0 atom stereocenters. The lowest BCUT2D eigenvalue weighted by atomic mass is 10.0. The van der Waals surface area contributed by atoms with Crippen LogP contribution >= 0.6 is 0 Å².